The molecular formula is C14H22. The molecule has 0 atom stereocenters. The molecule has 14 heavy (non-hydrogen) atoms. The second-order valence-corrected chi connectivity index (χ2v) is 4.17. The molecule has 0 saturated heterocycles. The molecule has 1 aromatic rings. The zero-order valence-corrected chi connectivity index (χ0v) is 9.77. The maximum Gasteiger partial charge on any atom is -0.0276 e. The summed E-state index contributed by atoms with van der Waals surface area (Å²) in [6, 6.07) is 6.65. The molecule has 0 heteroatoms. The van der Waals surface area contributed by atoms with Crippen LogP contribution in [0.3, 0.4) is 0 Å². The fourth-order valence-electron chi connectivity index (χ4n) is 1.82. The van der Waals surface area contributed by atoms with Crippen molar-refractivity contribution in [1.29, 1.82) is 0 Å². The van der Waals surface area contributed by atoms with E-state index in [0.717, 1.165) is 0 Å². The van der Waals surface area contributed by atoms with Gasteiger partial charge in [-0.1, -0.05) is 44.4 Å². The summed E-state index contributed by atoms with van der Waals surface area (Å²) in [4.78, 5) is 0. The van der Waals surface area contributed by atoms with Gasteiger partial charge in [-0.05, 0) is 43.4 Å². The highest BCUT2D eigenvalue weighted by Gasteiger charge is 1.99. The molecular weight excluding hydrogens is 168 g/mol. The summed E-state index contributed by atoms with van der Waals surface area (Å²) in [7, 11) is 0. The molecule has 0 aliphatic heterocycles. The van der Waals surface area contributed by atoms with E-state index in [9.17, 15) is 0 Å². The zero-order valence-electron chi connectivity index (χ0n) is 9.77. The number of benzene rings is 1. The summed E-state index contributed by atoms with van der Waals surface area (Å²) in [5.74, 6) is 0. The lowest BCUT2D eigenvalue weighted by Crippen LogP contribution is -1.92. The van der Waals surface area contributed by atoms with Crippen LogP contribution in [0.25, 0.3) is 0 Å². The molecule has 0 unspecified atom stereocenters. The van der Waals surface area contributed by atoms with Crippen molar-refractivity contribution >= 4 is 0 Å². The van der Waals surface area contributed by atoms with Crippen molar-refractivity contribution in [3.63, 3.8) is 0 Å². The minimum atomic E-state index is 1.26. The van der Waals surface area contributed by atoms with Crippen LogP contribution >= 0.6 is 0 Å². The molecule has 0 heterocycles. The van der Waals surface area contributed by atoms with Crippen LogP contribution in [0.4, 0.5) is 0 Å². The summed E-state index contributed by atoms with van der Waals surface area (Å²) < 4.78 is 0. The molecule has 0 aliphatic carbocycles. The third-order valence-corrected chi connectivity index (χ3v) is 3.02. The van der Waals surface area contributed by atoms with E-state index in [-0.39, 0.29) is 0 Å². The Balaban J connectivity index is 2.46. The van der Waals surface area contributed by atoms with Crippen LogP contribution in [-0.4, -0.2) is 0 Å². The predicted octanol–water partition coefficient (Wildman–Crippen LogP) is 4.43. The zero-order chi connectivity index (χ0) is 10.4. The van der Waals surface area contributed by atoms with Crippen LogP contribution in [0.5, 0.6) is 0 Å². The molecule has 0 radical (unpaired) electrons. The van der Waals surface area contributed by atoms with E-state index >= 15 is 0 Å². The maximum atomic E-state index is 2.27. The molecule has 0 spiro atoms. The Morgan fingerprint density at radius 1 is 1.00 bits per heavy atom. The number of aryl methyl sites for hydroxylation is 2. The fraction of sp³-hybridized carbons (Fsp3) is 0.571. The van der Waals surface area contributed by atoms with Crippen LogP contribution in [0.2, 0.25) is 0 Å². The second-order valence-electron chi connectivity index (χ2n) is 4.17. The number of rotatable bonds is 5. The van der Waals surface area contributed by atoms with Crippen molar-refractivity contribution < 1.29 is 0 Å². The van der Waals surface area contributed by atoms with E-state index in [4.69, 9.17) is 0 Å². The summed E-state index contributed by atoms with van der Waals surface area (Å²) in [5.41, 5.74) is 4.46. The molecule has 0 aromatic heterocycles. The molecule has 78 valence electrons. The van der Waals surface area contributed by atoms with Crippen molar-refractivity contribution in [2.45, 2.75) is 52.9 Å². The van der Waals surface area contributed by atoms with Gasteiger partial charge in [0.1, 0.15) is 0 Å². The first-order chi connectivity index (χ1) is 6.75. The van der Waals surface area contributed by atoms with Gasteiger partial charge < -0.3 is 0 Å². The minimum Gasteiger partial charge on any atom is -0.0654 e. The first-order valence-electron chi connectivity index (χ1n) is 5.80. The van der Waals surface area contributed by atoms with Crippen LogP contribution in [0.1, 0.15) is 49.3 Å². The van der Waals surface area contributed by atoms with Gasteiger partial charge in [0.15, 0.2) is 0 Å². The predicted molar refractivity (Wildman–Crippen MR) is 63.8 cm³/mol. The standard InChI is InChI=1S/C14H22/c1-4-5-6-7-10-14-11-8-9-12(2)13(14)3/h8-9,11H,4-7,10H2,1-3H3. The molecule has 1 aromatic carbocycles. The van der Waals surface area contributed by atoms with Crippen LogP contribution in [0.15, 0.2) is 18.2 Å². The second kappa shape index (κ2) is 5.85. The summed E-state index contributed by atoms with van der Waals surface area (Å²) in [6.07, 6.45) is 6.69. The average molecular weight is 190 g/mol. The third kappa shape index (κ3) is 3.17. The first kappa shape index (κ1) is 11.3. The van der Waals surface area contributed by atoms with Crippen molar-refractivity contribution in [1.82, 2.24) is 0 Å². The van der Waals surface area contributed by atoms with Crippen molar-refractivity contribution in [3.05, 3.63) is 34.9 Å². The highest BCUT2D eigenvalue weighted by Crippen LogP contribution is 2.15. The SMILES string of the molecule is CCCCCCc1cccc(C)c1C. The Bertz CT molecular complexity index is 273. The number of hydrogen-bond acceptors (Lipinski definition) is 0. The smallest absolute Gasteiger partial charge is 0.0276 e. The van der Waals surface area contributed by atoms with E-state index in [1.807, 2.05) is 0 Å². The number of unbranched alkanes of at least 4 members (excludes halogenated alkanes) is 3. The fourth-order valence-corrected chi connectivity index (χ4v) is 1.82. The highest BCUT2D eigenvalue weighted by molar-refractivity contribution is 5.33. The Kier molecular flexibility index (Phi) is 4.72. The van der Waals surface area contributed by atoms with Gasteiger partial charge in [-0.3, -0.25) is 0 Å². The van der Waals surface area contributed by atoms with Gasteiger partial charge in [0.25, 0.3) is 0 Å². The monoisotopic (exact) mass is 190 g/mol. The van der Waals surface area contributed by atoms with E-state index in [0.29, 0.717) is 0 Å². The largest absolute Gasteiger partial charge is 0.0654 e. The lowest BCUT2D eigenvalue weighted by atomic mass is 9.98. The van der Waals surface area contributed by atoms with Gasteiger partial charge >= 0.3 is 0 Å². The van der Waals surface area contributed by atoms with Crippen molar-refractivity contribution in [2.75, 3.05) is 0 Å². The van der Waals surface area contributed by atoms with E-state index in [1.54, 1.807) is 5.56 Å². The molecule has 0 nitrogen and oxygen atoms in total. The van der Waals surface area contributed by atoms with E-state index in [1.165, 1.54) is 43.2 Å². The first-order valence-corrected chi connectivity index (χ1v) is 5.80. The maximum absolute atomic E-state index is 2.27. The van der Waals surface area contributed by atoms with E-state index in [2.05, 4.69) is 39.0 Å². The Morgan fingerprint density at radius 2 is 1.79 bits per heavy atom. The molecule has 0 fully saturated rings. The third-order valence-electron chi connectivity index (χ3n) is 3.02. The van der Waals surface area contributed by atoms with Gasteiger partial charge in [0.2, 0.25) is 0 Å². The molecule has 0 bridgehead atoms. The lowest BCUT2D eigenvalue weighted by Gasteiger charge is -2.07. The van der Waals surface area contributed by atoms with Gasteiger partial charge in [-0.2, -0.15) is 0 Å². The Hall–Kier alpha value is -0.780. The molecule has 1 rings (SSSR count). The van der Waals surface area contributed by atoms with Crippen molar-refractivity contribution in [3.8, 4) is 0 Å². The quantitative estimate of drug-likeness (QED) is 0.603. The van der Waals surface area contributed by atoms with Crippen molar-refractivity contribution in [2.24, 2.45) is 0 Å². The number of hydrogen-bond donors (Lipinski definition) is 0. The van der Waals surface area contributed by atoms with Gasteiger partial charge in [-0.25, -0.2) is 0 Å². The van der Waals surface area contributed by atoms with Crippen LogP contribution in [-0.2, 0) is 6.42 Å². The van der Waals surface area contributed by atoms with Gasteiger partial charge in [0.05, 0.1) is 0 Å². The molecule has 0 N–H and O–H groups in total. The Labute approximate surface area is 88.4 Å². The van der Waals surface area contributed by atoms with Gasteiger partial charge in [-0.15, -0.1) is 0 Å². The normalized spacial score (nSPS) is 10.5. The summed E-state index contributed by atoms with van der Waals surface area (Å²) in [5, 5.41) is 0. The minimum absolute atomic E-state index is 1.26. The summed E-state index contributed by atoms with van der Waals surface area (Å²) >= 11 is 0. The van der Waals surface area contributed by atoms with Crippen LogP contribution in [0, 0.1) is 13.8 Å². The van der Waals surface area contributed by atoms with Gasteiger partial charge in [0, 0.05) is 0 Å². The summed E-state index contributed by atoms with van der Waals surface area (Å²) in [6.45, 7) is 6.70. The topological polar surface area (TPSA) is 0 Å². The lowest BCUT2D eigenvalue weighted by molar-refractivity contribution is 0.665. The molecule has 0 amide bonds. The average Bonchev–Trinajstić information content (AvgIpc) is 2.19. The molecule has 0 saturated carbocycles. The van der Waals surface area contributed by atoms with E-state index < -0.39 is 0 Å². The highest BCUT2D eigenvalue weighted by atomic mass is 14.0. The molecule has 0 aliphatic rings. The van der Waals surface area contributed by atoms with Crippen LogP contribution < -0.4 is 0 Å². The Morgan fingerprint density at radius 3 is 2.50 bits per heavy atom.